The number of aliphatic imine (C=N–C) groups is 1. The first-order valence-electron chi connectivity index (χ1n) is 4.00. The maximum Gasteiger partial charge on any atom is 0.0454 e. The zero-order valence-corrected chi connectivity index (χ0v) is 9.41. The Labute approximate surface area is 87.5 Å². The summed E-state index contributed by atoms with van der Waals surface area (Å²) in [5.41, 5.74) is 2.45. The average molecular weight is 276 g/mol. The van der Waals surface area contributed by atoms with Gasteiger partial charge in [-0.15, -0.1) is 0 Å². The molecule has 0 N–H and O–H groups in total. The van der Waals surface area contributed by atoms with Gasteiger partial charge in [-0.2, -0.15) is 0 Å². The number of hydrogen-bond donors (Lipinski definition) is 0. The molecule has 1 aliphatic heterocycles. The van der Waals surface area contributed by atoms with E-state index in [1.807, 2.05) is 6.92 Å². The van der Waals surface area contributed by atoms with Crippen molar-refractivity contribution in [2.75, 3.05) is 13.1 Å². The lowest BCUT2D eigenvalue weighted by Crippen LogP contribution is -2.21. The Bertz CT molecular complexity index is 231. The summed E-state index contributed by atoms with van der Waals surface area (Å²) in [5, 5.41) is 0. The van der Waals surface area contributed by atoms with E-state index < -0.39 is 0 Å². The largest absolute Gasteiger partial charge is 0.269 e. The molecule has 0 bridgehead atoms. The predicted octanol–water partition coefficient (Wildman–Crippen LogP) is 2.57. The normalized spacial score (nSPS) is 20.5. The molecule has 0 spiro atoms. The summed E-state index contributed by atoms with van der Waals surface area (Å²) in [6, 6.07) is 0. The summed E-state index contributed by atoms with van der Waals surface area (Å²) in [5.74, 6) is 0. The second kappa shape index (κ2) is 4.77. The lowest BCUT2D eigenvalue weighted by molar-refractivity contribution is 0.523. The third-order valence-corrected chi connectivity index (χ3v) is 2.69. The van der Waals surface area contributed by atoms with Crippen molar-refractivity contribution in [1.29, 1.82) is 0 Å². The minimum absolute atomic E-state index is 0.985. The van der Waals surface area contributed by atoms with Crippen molar-refractivity contribution >= 4 is 29.6 Å². The van der Waals surface area contributed by atoms with Crippen LogP contribution in [0.2, 0.25) is 0 Å². The maximum absolute atomic E-state index is 4.03. The van der Waals surface area contributed by atoms with Crippen molar-refractivity contribution in [3.8, 4) is 0 Å². The molecule has 0 atom stereocenters. The highest BCUT2D eigenvalue weighted by molar-refractivity contribution is 14.1. The van der Waals surface area contributed by atoms with Crippen molar-refractivity contribution in [2.24, 2.45) is 4.99 Å². The average Bonchev–Trinajstić information content (AvgIpc) is 2.05. The summed E-state index contributed by atoms with van der Waals surface area (Å²) in [7, 11) is 0. The van der Waals surface area contributed by atoms with Gasteiger partial charge in [-0.1, -0.05) is 12.2 Å². The lowest BCUT2D eigenvalue weighted by Gasteiger charge is -2.22. The van der Waals surface area contributed by atoms with E-state index in [-0.39, 0.29) is 0 Å². The molecule has 0 aliphatic carbocycles. The van der Waals surface area contributed by atoms with Gasteiger partial charge >= 0.3 is 0 Å². The van der Waals surface area contributed by atoms with Crippen LogP contribution in [-0.2, 0) is 0 Å². The van der Waals surface area contributed by atoms with Gasteiger partial charge in [-0.05, 0) is 19.2 Å². The van der Waals surface area contributed by atoms with E-state index in [9.17, 15) is 0 Å². The Balaban J connectivity index is 2.84. The Hall–Kier alpha value is -0.160. The van der Waals surface area contributed by atoms with Crippen molar-refractivity contribution < 1.29 is 0 Å². The maximum atomic E-state index is 4.03. The molecule has 2 nitrogen and oxygen atoms in total. The van der Waals surface area contributed by atoms with E-state index in [4.69, 9.17) is 0 Å². The van der Waals surface area contributed by atoms with Crippen LogP contribution < -0.4 is 0 Å². The molecule has 0 amide bonds. The molecule has 1 aliphatic rings. The third kappa shape index (κ3) is 2.42. The Morgan fingerprint density at radius 3 is 3.00 bits per heavy atom. The van der Waals surface area contributed by atoms with E-state index in [0.717, 1.165) is 25.2 Å². The topological polar surface area (TPSA) is 15.6 Å². The van der Waals surface area contributed by atoms with Crippen LogP contribution in [-0.4, -0.2) is 22.9 Å². The van der Waals surface area contributed by atoms with Gasteiger partial charge in [-0.25, -0.2) is 3.11 Å². The van der Waals surface area contributed by atoms with Crippen molar-refractivity contribution in [3.63, 3.8) is 0 Å². The van der Waals surface area contributed by atoms with E-state index in [2.05, 4.69) is 49.8 Å². The standard InChI is InChI=1S/C9H13IN2/c1-3-4-8-7-12(10)6-5-9(8)11-2/h3-4H,2,5-7H2,1H3/b4-3-. The van der Waals surface area contributed by atoms with E-state index in [1.54, 1.807) is 0 Å². The zero-order chi connectivity index (χ0) is 8.97. The SMILES string of the molecule is C=NC1=C(/C=C\C)CN(I)CC1. The molecule has 0 unspecified atom stereocenters. The second-order valence-electron chi connectivity index (χ2n) is 2.72. The molecule has 0 aromatic rings. The third-order valence-electron chi connectivity index (χ3n) is 1.86. The summed E-state index contributed by atoms with van der Waals surface area (Å²) in [6.45, 7) is 7.67. The smallest absolute Gasteiger partial charge is 0.0454 e. The van der Waals surface area contributed by atoms with Crippen LogP contribution >= 0.6 is 22.9 Å². The zero-order valence-electron chi connectivity index (χ0n) is 7.26. The van der Waals surface area contributed by atoms with Crippen molar-refractivity contribution in [2.45, 2.75) is 13.3 Å². The van der Waals surface area contributed by atoms with Gasteiger partial charge in [0.05, 0.1) is 0 Å². The molecular formula is C9H13IN2. The van der Waals surface area contributed by atoms with Crippen LogP contribution in [0.1, 0.15) is 13.3 Å². The van der Waals surface area contributed by atoms with Crippen LogP contribution in [0.5, 0.6) is 0 Å². The van der Waals surface area contributed by atoms with Crippen molar-refractivity contribution in [1.82, 2.24) is 3.11 Å². The molecule has 0 fully saturated rings. The van der Waals surface area contributed by atoms with Gasteiger partial charge in [-0.3, -0.25) is 4.99 Å². The number of hydrogen-bond acceptors (Lipinski definition) is 2. The quantitative estimate of drug-likeness (QED) is 0.430. The van der Waals surface area contributed by atoms with Crippen LogP contribution in [0.25, 0.3) is 0 Å². The van der Waals surface area contributed by atoms with Gasteiger partial charge in [0, 0.05) is 48.1 Å². The van der Waals surface area contributed by atoms with Gasteiger partial charge in [0.1, 0.15) is 0 Å². The molecule has 66 valence electrons. The minimum atomic E-state index is 0.985. The lowest BCUT2D eigenvalue weighted by atomic mass is 10.1. The Kier molecular flexibility index (Phi) is 3.94. The molecule has 0 aromatic heterocycles. The molecule has 0 saturated carbocycles. The van der Waals surface area contributed by atoms with Crippen LogP contribution in [0.15, 0.2) is 28.4 Å². The van der Waals surface area contributed by atoms with Crippen LogP contribution in [0.3, 0.4) is 0 Å². The van der Waals surface area contributed by atoms with Gasteiger partial charge in [0.2, 0.25) is 0 Å². The monoisotopic (exact) mass is 276 g/mol. The van der Waals surface area contributed by atoms with Crippen molar-refractivity contribution in [3.05, 3.63) is 23.4 Å². The Morgan fingerprint density at radius 1 is 1.67 bits per heavy atom. The van der Waals surface area contributed by atoms with E-state index in [0.29, 0.717) is 0 Å². The predicted molar refractivity (Wildman–Crippen MR) is 61.6 cm³/mol. The van der Waals surface area contributed by atoms with E-state index >= 15 is 0 Å². The van der Waals surface area contributed by atoms with Gasteiger partial charge in [0.25, 0.3) is 0 Å². The number of allylic oxidation sites excluding steroid dienone is 1. The first-order valence-corrected chi connectivity index (χ1v) is 4.96. The fourth-order valence-corrected chi connectivity index (χ4v) is 1.88. The summed E-state index contributed by atoms with van der Waals surface area (Å²) >= 11 is 2.34. The highest BCUT2D eigenvalue weighted by Gasteiger charge is 2.13. The Morgan fingerprint density at radius 2 is 2.42 bits per heavy atom. The van der Waals surface area contributed by atoms with E-state index in [1.165, 1.54) is 5.57 Å². The van der Waals surface area contributed by atoms with Crippen LogP contribution in [0, 0.1) is 0 Å². The molecule has 12 heavy (non-hydrogen) atoms. The molecule has 1 heterocycles. The van der Waals surface area contributed by atoms with Gasteiger partial charge < -0.3 is 0 Å². The molecule has 0 saturated heterocycles. The molecule has 1 rings (SSSR count). The van der Waals surface area contributed by atoms with Crippen LogP contribution in [0.4, 0.5) is 0 Å². The second-order valence-corrected chi connectivity index (χ2v) is 4.09. The van der Waals surface area contributed by atoms with Gasteiger partial charge in [0.15, 0.2) is 0 Å². The number of rotatable bonds is 2. The highest BCUT2D eigenvalue weighted by Crippen LogP contribution is 2.21. The fourth-order valence-electron chi connectivity index (χ4n) is 1.27. The summed E-state index contributed by atoms with van der Waals surface area (Å²) in [4.78, 5) is 4.03. The number of halogens is 1. The molecule has 3 heteroatoms. The summed E-state index contributed by atoms with van der Waals surface area (Å²) in [6.07, 6.45) is 5.19. The first kappa shape index (κ1) is 9.92. The fraction of sp³-hybridized carbons (Fsp3) is 0.444. The summed E-state index contributed by atoms with van der Waals surface area (Å²) < 4.78 is 2.27. The minimum Gasteiger partial charge on any atom is -0.269 e. The number of nitrogens with zero attached hydrogens (tertiary/aromatic N) is 2. The first-order chi connectivity index (χ1) is 5.77. The molecular weight excluding hydrogens is 263 g/mol. The highest BCUT2D eigenvalue weighted by atomic mass is 127. The molecule has 0 radical (unpaired) electrons. The molecule has 0 aromatic carbocycles.